The number of anilines is 1. The summed E-state index contributed by atoms with van der Waals surface area (Å²) in [5.74, 6) is 1.74. The monoisotopic (exact) mass is 248 g/mol. The van der Waals surface area contributed by atoms with Crippen molar-refractivity contribution < 1.29 is 0 Å². The molecule has 2 rings (SSSR count). The lowest BCUT2D eigenvalue weighted by molar-refractivity contribution is 0.198. The molecular formula is C14H24N4. The minimum atomic E-state index is 0.779. The third-order valence-corrected chi connectivity index (χ3v) is 3.74. The van der Waals surface area contributed by atoms with Crippen LogP contribution in [0, 0.1) is 5.92 Å². The normalized spacial score (nSPS) is 17.8. The Morgan fingerprint density at radius 3 is 2.94 bits per heavy atom. The third kappa shape index (κ3) is 3.35. The fourth-order valence-corrected chi connectivity index (χ4v) is 2.51. The molecule has 0 saturated carbocycles. The maximum atomic E-state index is 4.34. The molecule has 0 unspecified atom stereocenters. The fourth-order valence-electron chi connectivity index (χ4n) is 2.51. The SMILES string of the molecule is C=CCn1ccnc1NCC1CCN(CC)CC1. The predicted molar refractivity (Wildman–Crippen MR) is 75.8 cm³/mol. The Morgan fingerprint density at radius 2 is 2.28 bits per heavy atom. The highest BCUT2D eigenvalue weighted by atomic mass is 15.2. The van der Waals surface area contributed by atoms with E-state index in [0.717, 1.165) is 25.0 Å². The van der Waals surface area contributed by atoms with E-state index in [2.05, 4.69) is 33.3 Å². The van der Waals surface area contributed by atoms with E-state index in [1.165, 1.54) is 32.5 Å². The van der Waals surface area contributed by atoms with Crippen LogP contribution in [0.4, 0.5) is 5.95 Å². The van der Waals surface area contributed by atoms with Crippen molar-refractivity contribution in [3.05, 3.63) is 25.0 Å². The van der Waals surface area contributed by atoms with Gasteiger partial charge in [0.2, 0.25) is 5.95 Å². The zero-order valence-corrected chi connectivity index (χ0v) is 11.3. The summed E-state index contributed by atoms with van der Waals surface area (Å²) in [6.07, 6.45) is 8.31. The Balaban J connectivity index is 1.77. The highest BCUT2D eigenvalue weighted by Gasteiger charge is 2.18. The van der Waals surface area contributed by atoms with Crippen molar-refractivity contribution in [1.82, 2.24) is 14.5 Å². The molecule has 1 N–H and O–H groups in total. The van der Waals surface area contributed by atoms with E-state index >= 15 is 0 Å². The topological polar surface area (TPSA) is 33.1 Å². The number of hydrogen-bond acceptors (Lipinski definition) is 3. The van der Waals surface area contributed by atoms with Crippen LogP contribution in [-0.2, 0) is 6.54 Å². The first kappa shape index (κ1) is 13.1. The van der Waals surface area contributed by atoms with E-state index < -0.39 is 0 Å². The molecule has 0 atom stereocenters. The Bertz CT molecular complexity index is 364. The van der Waals surface area contributed by atoms with Crippen molar-refractivity contribution in [3.63, 3.8) is 0 Å². The van der Waals surface area contributed by atoms with Gasteiger partial charge in [-0.05, 0) is 38.4 Å². The standard InChI is InChI=1S/C14H24N4/c1-3-8-18-11-7-15-14(18)16-12-13-5-9-17(4-2)10-6-13/h3,7,11,13H,1,4-6,8-10,12H2,2H3,(H,15,16). The second-order valence-electron chi connectivity index (χ2n) is 4.95. The van der Waals surface area contributed by atoms with E-state index in [-0.39, 0.29) is 0 Å². The van der Waals surface area contributed by atoms with Crippen molar-refractivity contribution in [2.45, 2.75) is 26.3 Å². The molecule has 0 spiro atoms. The van der Waals surface area contributed by atoms with E-state index in [9.17, 15) is 0 Å². The molecule has 1 aliphatic rings. The summed E-state index contributed by atoms with van der Waals surface area (Å²) in [5, 5.41) is 3.47. The molecule has 1 saturated heterocycles. The van der Waals surface area contributed by atoms with Gasteiger partial charge in [-0.15, -0.1) is 6.58 Å². The number of aromatic nitrogens is 2. The van der Waals surface area contributed by atoms with Gasteiger partial charge >= 0.3 is 0 Å². The maximum absolute atomic E-state index is 4.34. The summed E-state index contributed by atoms with van der Waals surface area (Å²) in [6, 6.07) is 0. The summed E-state index contributed by atoms with van der Waals surface area (Å²) in [6.45, 7) is 11.5. The molecule has 0 aliphatic carbocycles. The number of nitrogens with one attached hydrogen (secondary N) is 1. The van der Waals surface area contributed by atoms with Crippen LogP contribution in [0.5, 0.6) is 0 Å². The molecule has 1 fully saturated rings. The van der Waals surface area contributed by atoms with Crippen LogP contribution in [0.1, 0.15) is 19.8 Å². The van der Waals surface area contributed by atoms with Crippen LogP contribution in [0.2, 0.25) is 0 Å². The number of nitrogens with zero attached hydrogens (tertiary/aromatic N) is 3. The number of imidazole rings is 1. The van der Waals surface area contributed by atoms with Gasteiger partial charge < -0.3 is 14.8 Å². The largest absolute Gasteiger partial charge is 0.355 e. The Morgan fingerprint density at radius 1 is 1.50 bits per heavy atom. The minimum absolute atomic E-state index is 0.779. The van der Waals surface area contributed by atoms with Gasteiger partial charge in [0.25, 0.3) is 0 Å². The highest BCUT2D eigenvalue weighted by molar-refractivity contribution is 5.26. The predicted octanol–water partition coefficient (Wildman–Crippen LogP) is 2.21. The molecule has 4 heteroatoms. The molecule has 1 aromatic heterocycles. The maximum Gasteiger partial charge on any atom is 0.203 e. The first-order valence-electron chi connectivity index (χ1n) is 6.91. The van der Waals surface area contributed by atoms with Gasteiger partial charge in [-0.1, -0.05) is 13.0 Å². The molecule has 0 amide bonds. The lowest BCUT2D eigenvalue weighted by Crippen LogP contribution is -2.35. The summed E-state index contributed by atoms with van der Waals surface area (Å²) < 4.78 is 2.09. The Labute approximate surface area is 110 Å². The van der Waals surface area contributed by atoms with Gasteiger partial charge in [-0.25, -0.2) is 4.98 Å². The second-order valence-corrected chi connectivity index (χ2v) is 4.95. The first-order valence-corrected chi connectivity index (χ1v) is 6.91. The lowest BCUT2D eigenvalue weighted by atomic mass is 9.97. The Hall–Kier alpha value is -1.29. The molecule has 1 aliphatic heterocycles. The summed E-state index contributed by atoms with van der Waals surface area (Å²) >= 11 is 0. The van der Waals surface area contributed by atoms with Crippen LogP contribution in [0.3, 0.4) is 0 Å². The Kier molecular flexibility index (Phi) is 4.81. The molecular weight excluding hydrogens is 224 g/mol. The van der Waals surface area contributed by atoms with Gasteiger partial charge in [-0.3, -0.25) is 0 Å². The molecule has 4 nitrogen and oxygen atoms in total. The van der Waals surface area contributed by atoms with Crippen LogP contribution < -0.4 is 5.32 Å². The minimum Gasteiger partial charge on any atom is -0.355 e. The average molecular weight is 248 g/mol. The summed E-state index contributed by atoms with van der Waals surface area (Å²) in [7, 11) is 0. The van der Waals surface area contributed by atoms with Crippen molar-refractivity contribution in [2.75, 3.05) is 31.5 Å². The van der Waals surface area contributed by atoms with E-state index in [0.29, 0.717) is 0 Å². The van der Waals surface area contributed by atoms with Crippen molar-refractivity contribution >= 4 is 5.95 Å². The third-order valence-electron chi connectivity index (χ3n) is 3.74. The highest BCUT2D eigenvalue weighted by Crippen LogP contribution is 2.17. The zero-order chi connectivity index (χ0) is 12.8. The number of allylic oxidation sites excluding steroid dienone is 1. The average Bonchev–Trinajstić information content (AvgIpc) is 2.85. The zero-order valence-electron chi connectivity index (χ0n) is 11.3. The molecule has 2 heterocycles. The van der Waals surface area contributed by atoms with Gasteiger partial charge in [0.05, 0.1) is 0 Å². The molecule has 100 valence electrons. The van der Waals surface area contributed by atoms with E-state index in [4.69, 9.17) is 0 Å². The van der Waals surface area contributed by atoms with Gasteiger partial charge in [0.1, 0.15) is 0 Å². The summed E-state index contributed by atoms with van der Waals surface area (Å²) in [4.78, 5) is 6.87. The number of likely N-dealkylation sites (tertiary alicyclic amines) is 1. The van der Waals surface area contributed by atoms with E-state index in [1.807, 2.05) is 18.5 Å². The molecule has 0 radical (unpaired) electrons. The lowest BCUT2D eigenvalue weighted by Gasteiger charge is -2.31. The fraction of sp³-hybridized carbons (Fsp3) is 0.643. The second kappa shape index (κ2) is 6.59. The van der Waals surface area contributed by atoms with Crippen molar-refractivity contribution in [2.24, 2.45) is 5.92 Å². The van der Waals surface area contributed by atoms with E-state index in [1.54, 1.807) is 0 Å². The van der Waals surface area contributed by atoms with Crippen LogP contribution in [-0.4, -0.2) is 40.6 Å². The molecule has 0 bridgehead atoms. The van der Waals surface area contributed by atoms with Crippen LogP contribution in [0.25, 0.3) is 0 Å². The van der Waals surface area contributed by atoms with Gasteiger partial charge in [0.15, 0.2) is 0 Å². The van der Waals surface area contributed by atoms with Gasteiger partial charge in [0, 0.05) is 25.5 Å². The quantitative estimate of drug-likeness (QED) is 0.784. The van der Waals surface area contributed by atoms with Crippen LogP contribution >= 0.6 is 0 Å². The number of rotatable bonds is 6. The molecule has 0 aromatic carbocycles. The number of hydrogen-bond donors (Lipinski definition) is 1. The number of piperidine rings is 1. The molecule has 18 heavy (non-hydrogen) atoms. The van der Waals surface area contributed by atoms with Crippen molar-refractivity contribution in [1.29, 1.82) is 0 Å². The van der Waals surface area contributed by atoms with Gasteiger partial charge in [-0.2, -0.15) is 0 Å². The molecule has 1 aromatic rings. The smallest absolute Gasteiger partial charge is 0.203 e. The van der Waals surface area contributed by atoms with Crippen LogP contribution in [0.15, 0.2) is 25.0 Å². The first-order chi connectivity index (χ1) is 8.83. The summed E-state index contributed by atoms with van der Waals surface area (Å²) in [5.41, 5.74) is 0. The van der Waals surface area contributed by atoms with Crippen molar-refractivity contribution in [3.8, 4) is 0 Å².